The van der Waals surface area contributed by atoms with Crippen LogP contribution in [0.3, 0.4) is 0 Å². The normalized spacial score (nSPS) is 11.8. The van der Waals surface area contributed by atoms with Crippen LogP contribution in [-0.2, 0) is 4.74 Å². The summed E-state index contributed by atoms with van der Waals surface area (Å²) in [5.74, 6) is 0. The lowest BCUT2D eigenvalue weighted by atomic mass is 10.4. The summed E-state index contributed by atoms with van der Waals surface area (Å²) in [5, 5.41) is 2.48. The highest BCUT2D eigenvalue weighted by Crippen LogP contribution is 1.78. The number of nitrogens with one attached hydrogen (secondary N) is 1. The molecule has 0 radical (unpaired) electrons. The number of carbonyl (C=O) groups is 1. The molecule has 0 saturated heterocycles. The number of hydrogen-bond acceptors (Lipinski definition) is 3. The van der Waals surface area contributed by atoms with Gasteiger partial charge in [0.05, 0.1) is 0 Å². The number of hydrogen-bond donors (Lipinski definition) is 2. The highest BCUT2D eigenvalue weighted by molar-refractivity contribution is 5.67. The van der Waals surface area contributed by atoms with Gasteiger partial charge in [-0.3, -0.25) is 0 Å². The van der Waals surface area contributed by atoms with Gasteiger partial charge in [0.1, 0.15) is 6.61 Å². The first-order valence-corrected chi connectivity index (χ1v) is 3.44. The van der Waals surface area contributed by atoms with Crippen molar-refractivity contribution in [1.82, 2.24) is 5.32 Å². The van der Waals surface area contributed by atoms with E-state index in [-0.39, 0.29) is 12.6 Å². The largest absolute Gasteiger partial charge is 0.445 e. The molecular weight excluding hydrogens is 144 g/mol. The Labute approximate surface area is 66.4 Å². The Morgan fingerprint density at radius 2 is 2.55 bits per heavy atom. The second-order valence-electron chi connectivity index (χ2n) is 2.25. The first-order valence-electron chi connectivity index (χ1n) is 3.44. The second kappa shape index (κ2) is 5.73. The predicted molar refractivity (Wildman–Crippen MR) is 43.2 cm³/mol. The van der Waals surface area contributed by atoms with Crippen LogP contribution in [0.2, 0.25) is 0 Å². The van der Waals surface area contributed by atoms with Gasteiger partial charge in [-0.25, -0.2) is 4.79 Å². The summed E-state index contributed by atoms with van der Waals surface area (Å²) in [6, 6.07) is -0.0497. The van der Waals surface area contributed by atoms with Gasteiger partial charge in [-0.2, -0.15) is 0 Å². The van der Waals surface area contributed by atoms with Crippen LogP contribution in [0.1, 0.15) is 6.92 Å². The highest BCUT2D eigenvalue weighted by atomic mass is 16.5. The maximum Gasteiger partial charge on any atom is 0.407 e. The van der Waals surface area contributed by atoms with Crippen LogP contribution in [0.4, 0.5) is 4.79 Å². The van der Waals surface area contributed by atoms with Crippen molar-refractivity contribution in [3.63, 3.8) is 0 Å². The molecule has 0 aromatic rings. The van der Waals surface area contributed by atoms with Gasteiger partial charge in [-0.1, -0.05) is 12.7 Å². The van der Waals surface area contributed by atoms with E-state index in [2.05, 4.69) is 16.6 Å². The lowest BCUT2D eigenvalue weighted by Crippen LogP contribution is -2.35. The first kappa shape index (κ1) is 9.97. The van der Waals surface area contributed by atoms with Gasteiger partial charge < -0.3 is 15.8 Å². The molecule has 0 heterocycles. The molecule has 3 N–H and O–H groups in total. The van der Waals surface area contributed by atoms with Crippen LogP contribution in [-0.4, -0.2) is 25.3 Å². The Kier molecular flexibility index (Phi) is 5.20. The van der Waals surface area contributed by atoms with E-state index in [0.717, 1.165) is 0 Å². The molecule has 0 aliphatic heterocycles. The fourth-order valence-corrected chi connectivity index (χ4v) is 0.430. The summed E-state index contributed by atoms with van der Waals surface area (Å²) in [7, 11) is 0. The fourth-order valence-electron chi connectivity index (χ4n) is 0.430. The minimum absolute atomic E-state index is 0.0497. The van der Waals surface area contributed by atoms with Crippen molar-refractivity contribution in [2.24, 2.45) is 5.73 Å². The van der Waals surface area contributed by atoms with Gasteiger partial charge in [0.15, 0.2) is 0 Å². The molecule has 0 aromatic carbocycles. The molecule has 0 aromatic heterocycles. The maximum atomic E-state index is 10.7. The van der Waals surface area contributed by atoms with Crippen molar-refractivity contribution in [1.29, 1.82) is 0 Å². The molecule has 0 bridgehead atoms. The molecule has 0 unspecified atom stereocenters. The number of ether oxygens (including phenoxy) is 1. The van der Waals surface area contributed by atoms with E-state index in [4.69, 9.17) is 5.73 Å². The summed E-state index contributed by atoms with van der Waals surface area (Å²) in [4.78, 5) is 10.7. The second-order valence-corrected chi connectivity index (χ2v) is 2.25. The van der Waals surface area contributed by atoms with Crippen molar-refractivity contribution in [3.8, 4) is 0 Å². The van der Waals surface area contributed by atoms with E-state index in [1.807, 2.05) is 0 Å². The molecule has 0 rings (SSSR count). The molecule has 1 atom stereocenters. The summed E-state index contributed by atoms with van der Waals surface area (Å²) in [6.45, 7) is 5.85. The minimum atomic E-state index is -0.456. The number of alkyl carbamates (subject to hydrolysis) is 1. The third-order valence-electron chi connectivity index (χ3n) is 0.901. The topological polar surface area (TPSA) is 64.3 Å². The van der Waals surface area contributed by atoms with Crippen LogP contribution >= 0.6 is 0 Å². The molecular formula is C7H14N2O2. The van der Waals surface area contributed by atoms with Crippen molar-refractivity contribution < 1.29 is 9.53 Å². The van der Waals surface area contributed by atoms with E-state index in [1.54, 1.807) is 6.92 Å². The van der Waals surface area contributed by atoms with Gasteiger partial charge in [0.2, 0.25) is 0 Å². The Balaban J connectivity index is 3.29. The molecule has 0 aliphatic carbocycles. The Hall–Kier alpha value is -1.03. The lowest BCUT2D eigenvalue weighted by Gasteiger charge is -2.06. The molecule has 4 nitrogen and oxygen atoms in total. The van der Waals surface area contributed by atoms with Gasteiger partial charge in [-0.15, -0.1) is 0 Å². The van der Waals surface area contributed by atoms with Crippen LogP contribution < -0.4 is 11.1 Å². The SMILES string of the molecule is C=CCOC(=O)NC[C@H](C)N. The van der Waals surface area contributed by atoms with E-state index in [0.29, 0.717) is 6.54 Å². The number of nitrogens with two attached hydrogens (primary N) is 1. The zero-order valence-electron chi connectivity index (χ0n) is 6.67. The molecule has 4 heteroatoms. The molecule has 0 spiro atoms. The summed E-state index contributed by atoms with van der Waals surface area (Å²) >= 11 is 0. The molecule has 0 fully saturated rings. The molecule has 1 amide bonds. The Morgan fingerprint density at radius 1 is 1.91 bits per heavy atom. The van der Waals surface area contributed by atoms with E-state index < -0.39 is 6.09 Å². The average Bonchev–Trinajstić information content (AvgIpc) is 1.97. The number of amides is 1. The Morgan fingerprint density at radius 3 is 3.00 bits per heavy atom. The van der Waals surface area contributed by atoms with Crippen molar-refractivity contribution >= 4 is 6.09 Å². The summed E-state index contributed by atoms with van der Waals surface area (Å²) < 4.78 is 4.62. The highest BCUT2D eigenvalue weighted by Gasteiger charge is 2.00. The third-order valence-corrected chi connectivity index (χ3v) is 0.901. The van der Waals surface area contributed by atoms with Crippen LogP contribution in [0, 0.1) is 0 Å². The van der Waals surface area contributed by atoms with Crippen molar-refractivity contribution in [3.05, 3.63) is 12.7 Å². The van der Waals surface area contributed by atoms with Crippen LogP contribution in [0.5, 0.6) is 0 Å². The first-order chi connectivity index (χ1) is 5.16. The number of rotatable bonds is 4. The summed E-state index contributed by atoms with van der Waals surface area (Å²) in [5.41, 5.74) is 5.38. The van der Waals surface area contributed by atoms with E-state index in [9.17, 15) is 4.79 Å². The maximum absolute atomic E-state index is 10.7. The van der Waals surface area contributed by atoms with Crippen LogP contribution in [0.25, 0.3) is 0 Å². The average molecular weight is 158 g/mol. The minimum Gasteiger partial charge on any atom is -0.445 e. The van der Waals surface area contributed by atoms with Gasteiger partial charge in [0.25, 0.3) is 0 Å². The number of carbonyl (C=O) groups excluding carboxylic acids is 1. The zero-order valence-corrected chi connectivity index (χ0v) is 6.67. The molecule has 0 saturated carbocycles. The van der Waals surface area contributed by atoms with Gasteiger partial charge in [-0.05, 0) is 6.92 Å². The van der Waals surface area contributed by atoms with Gasteiger partial charge >= 0.3 is 6.09 Å². The standard InChI is InChI=1S/C7H14N2O2/c1-3-4-11-7(10)9-5-6(2)8/h3,6H,1,4-5,8H2,2H3,(H,9,10)/t6-/m0/s1. The van der Waals surface area contributed by atoms with Crippen molar-refractivity contribution in [2.45, 2.75) is 13.0 Å². The third kappa shape index (κ3) is 6.86. The summed E-state index contributed by atoms with van der Waals surface area (Å²) in [6.07, 6.45) is 1.05. The van der Waals surface area contributed by atoms with Gasteiger partial charge in [0, 0.05) is 12.6 Å². The zero-order chi connectivity index (χ0) is 8.69. The smallest absolute Gasteiger partial charge is 0.407 e. The fraction of sp³-hybridized carbons (Fsp3) is 0.571. The van der Waals surface area contributed by atoms with Crippen molar-refractivity contribution in [2.75, 3.05) is 13.2 Å². The molecule has 11 heavy (non-hydrogen) atoms. The Bertz CT molecular complexity index is 134. The predicted octanol–water partition coefficient (Wildman–Crippen LogP) is 0.246. The van der Waals surface area contributed by atoms with E-state index in [1.165, 1.54) is 6.08 Å². The molecule has 64 valence electrons. The monoisotopic (exact) mass is 158 g/mol. The quantitative estimate of drug-likeness (QED) is 0.576. The van der Waals surface area contributed by atoms with Crippen LogP contribution in [0.15, 0.2) is 12.7 Å². The molecule has 0 aliphatic rings. The van der Waals surface area contributed by atoms with E-state index >= 15 is 0 Å². The lowest BCUT2D eigenvalue weighted by molar-refractivity contribution is 0.158.